The lowest BCUT2D eigenvalue weighted by Crippen LogP contribution is -2.21. The summed E-state index contributed by atoms with van der Waals surface area (Å²) in [5.41, 5.74) is -2.01. The van der Waals surface area contributed by atoms with Gasteiger partial charge in [0.2, 0.25) is 0 Å². The third kappa shape index (κ3) is 2.40. The Bertz CT molecular complexity index is 472. The molecule has 8 heteroatoms. The van der Waals surface area contributed by atoms with Crippen LogP contribution >= 0.6 is 0 Å². The van der Waals surface area contributed by atoms with Gasteiger partial charge < -0.3 is 14.8 Å². The van der Waals surface area contributed by atoms with Gasteiger partial charge in [0.1, 0.15) is 6.07 Å². The number of aromatic hydroxyl groups is 1. The summed E-state index contributed by atoms with van der Waals surface area (Å²) in [6.45, 7) is 0. The standard InChI is InChI=1S/C7H3F3N2O3/c8-7(9,10)15-5-3(1-11)6(14)12-2-4(5)13/h2,13H,(H,12,14). The molecule has 0 aromatic carbocycles. The SMILES string of the molecule is N#Cc1c(OC(F)(F)F)c(O)c[nH]c1=O. The molecule has 1 aromatic heterocycles. The summed E-state index contributed by atoms with van der Waals surface area (Å²) in [5.74, 6) is -2.17. The number of aromatic nitrogens is 1. The molecule has 1 heterocycles. The highest BCUT2D eigenvalue weighted by atomic mass is 19.4. The molecule has 15 heavy (non-hydrogen) atoms. The number of H-pyrrole nitrogens is 1. The second-order valence-corrected chi connectivity index (χ2v) is 2.37. The van der Waals surface area contributed by atoms with E-state index in [2.05, 4.69) is 4.74 Å². The maximum absolute atomic E-state index is 11.8. The van der Waals surface area contributed by atoms with Crippen molar-refractivity contribution in [1.82, 2.24) is 4.98 Å². The van der Waals surface area contributed by atoms with Crippen LogP contribution in [0.3, 0.4) is 0 Å². The van der Waals surface area contributed by atoms with Crippen LogP contribution < -0.4 is 10.3 Å². The Labute approximate surface area is 80.3 Å². The van der Waals surface area contributed by atoms with Crippen LogP contribution in [-0.4, -0.2) is 16.5 Å². The largest absolute Gasteiger partial charge is 0.573 e. The summed E-state index contributed by atoms with van der Waals surface area (Å²) < 4.78 is 38.8. The molecule has 0 amide bonds. The Morgan fingerprint density at radius 1 is 1.53 bits per heavy atom. The molecule has 0 aliphatic rings. The first-order valence-electron chi connectivity index (χ1n) is 3.45. The van der Waals surface area contributed by atoms with Gasteiger partial charge >= 0.3 is 6.36 Å². The van der Waals surface area contributed by atoms with Crippen LogP contribution in [0, 0.1) is 11.3 Å². The van der Waals surface area contributed by atoms with E-state index in [9.17, 15) is 18.0 Å². The first-order chi connectivity index (χ1) is 6.85. The molecule has 1 aromatic rings. The molecule has 80 valence electrons. The molecular weight excluding hydrogens is 217 g/mol. The summed E-state index contributed by atoms with van der Waals surface area (Å²) in [6.07, 6.45) is -4.49. The van der Waals surface area contributed by atoms with Crippen molar-refractivity contribution >= 4 is 0 Å². The number of hydrogen-bond donors (Lipinski definition) is 2. The van der Waals surface area contributed by atoms with Gasteiger partial charge in [-0.2, -0.15) is 5.26 Å². The minimum atomic E-state index is -5.09. The zero-order chi connectivity index (χ0) is 11.6. The van der Waals surface area contributed by atoms with E-state index in [0.29, 0.717) is 6.20 Å². The average Bonchev–Trinajstić information content (AvgIpc) is 2.10. The van der Waals surface area contributed by atoms with E-state index in [-0.39, 0.29) is 0 Å². The summed E-state index contributed by atoms with van der Waals surface area (Å²) >= 11 is 0. The minimum Gasteiger partial charge on any atom is -0.503 e. The van der Waals surface area contributed by atoms with E-state index >= 15 is 0 Å². The van der Waals surface area contributed by atoms with E-state index < -0.39 is 29.0 Å². The lowest BCUT2D eigenvalue weighted by molar-refractivity contribution is -0.275. The number of ether oxygens (including phenoxy) is 1. The van der Waals surface area contributed by atoms with Crippen molar-refractivity contribution in [2.45, 2.75) is 6.36 Å². The first-order valence-corrected chi connectivity index (χ1v) is 3.45. The molecule has 0 saturated carbocycles. The van der Waals surface area contributed by atoms with Crippen molar-refractivity contribution in [1.29, 1.82) is 5.26 Å². The molecule has 0 atom stereocenters. The molecule has 0 fully saturated rings. The van der Waals surface area contributed by atoms with E-state index in [4.69, 9.17) is 10.4 Å². The number of nitrogens with zero attached hydrogens (tertiary/aromatic N) is 1. The van der Waals surface area contributed by atoms with Gasteiger partial charge in [-0.15, -0.1) is 13.2 Å². The maximum Gasteiger partial charge on any atom is 0.573 e. The quantitative estimate of drug-likeness (QED) is 0.734. The molecule has 2 N–H and O–H groups in total. The van der Waals surface area contributed by atoms with Crippen molar-refractivity contribution in [3.63, 3.8) is 0 Å². The Hall–Kier alpha value is -2.17. The first kappa shape index (κ1) is 10.9. The topological polar surface area (TPSA) is 86.1 Å². The summed E-state index contributed by atoms with van der Waals surface area (Å²) in [6, 6.07) is 1.20. The van der Waals surface area contributed by atoms with Gasteiger partial charge in [-0.25, -0.2) is 0 Å². The van der Waals surface area contributed by atoms with Gasteiger partial charge in [-0.1, -0.05) is 0 Å². The van der Waals surface area contributed by atoms with Crippen LogP contribution in [0.2, 0.25) is 0 Å². The predicted octanol–water partition coefficient (Wildman–Crippen LogP) is 0.851. The molecule has 0 radical (unpaired) electrons. The van der Waals surface area contributed by atoms with Crippen LogP contribution in [0.4, 0.5) is 13.2 Å². The predicted molar refractivity (Wildman–Crippen MR) is 40.1 cm³/mol. The van der Waals surface area contributed by atoms with Crippen LogP contribution in [-0.2, 0) is 0 Å². The number of rotatable bonds is 1. The summed E-state index contributed by atoms with van der Waals surface area (Å²) in [4.78, 5) is 12.7. The Kier molecular flexibility index (Phi) is 2.57. The van der Waals surface area contributed by atoms with Crippen molar-refractivity contribution in [2.24, 2.45) is 0 Å². The fraction of sp³-hybridized carbons (Fsp3) is 0.143. The van der Waals surface area contributed by atoms with E-state index in [1.807, 2.05) is 4.98 Å². The second kappa shape index (κ2) is 3.53. The highest BCUT2D eigenvalue weighted by Crippen LogP contribution is 2.31. The highest BCUT2D eigenvalue weighted by molar-refractivity contribution is 5.49. The molecule has 5 nitrogen and oxygen atoms in total. The maximum atomic E-state index is 11.8. The number of alkyl halides is 3. The lowest BCUT2D eigenvalue weighted by atomic mass is 10.2. The van der Waals surface area contributed by atoms with Gasteiger partial charge in [0.25, 0.3) is 5.56 Å². The van der Waals surface area contributed by atoms with Crippen LogP contribution in [0.5, 0.6) is 11.5 Å². The van der Waals surface area contributed by atoms with Gasteiger partial charge in [0.15, 0.2) is 17.1 Å². The number of halogens is 3. The third-order valence-electron chi connectivity index (χ3n) is 1.36. The highest BCUT2D eigenvalue weighted by Gasteiger charge is 2.34. The zero-order valence-electron chi connectivity index (χ0n) is 6.92. The smallest absolute Gasteiger partial charge is 0.503 e. The van der Waals surface area contributed by atoms with Gasteiger partial charge in [0, 0.05) is 6.20 Å². The van der Waals surface area contributed by atoms with Gasteiger partial charge in [-0.05, 0) is 0 Å². The van der Waals surface area contributed by atoms with Crippen LogP contribution in [0.1, 0.15) is 5.56 Å². The molecule has 0 saturated heterocycles. The Balaban J connectivity index is 3.34. The van der Waals surface area contributed by atoms with Crippen molar-refractivity contribution in [3.8, 4) is 17.6 Å². The van der Waals surface area contributed by atoms with Crippen LogP contribution in [0.25, 0.3) is 0 Å². The zero-order valence-corrected chi connectivity index (χ0v) is 6.92. The van der Waals surface area contributed by atoms with Gasteiger partial charge in [-0.3, -0.25) is 4.79 Å². The summed E-state index contributed by atoms with van der Waals surface area (Å²) in [7, 11) is 0. The fourth-order valence-electron chi connectivity index (χ4n) is 0.823. The normalized spacial score (nSPS) is 10.8. The lowest BCUT2D eigenvalue weighted by Gasteiger charge is -2.10. The molecule has 1 rings (SSSR count). The Morgan fingerprint density at radius 3 is 2.60 bits per heavy atom. The molecule has 0 aliphatic heterocycles. The molecular formula is C7H3F3N2O3. The third-order valence-corrected chi connectivity index (χ3v) is 1.36. The monoisotopic (exact) mass is 220 g/mol. The Morgan fingerprint density at radius 2 is 2.13 bits per heavy atom. The molecule has 0 spiro atoms. The molecule has 0 aliphatic carbocycles. The van der Waals surface area contributed by atoms with Gasteiger partial charge in [0.05, 0.1) is 0 Å². The van der Waals surface area contributed by atoms with E-state index in [1.165, 1.54) is 6.07 Å². The number of pyridine rings is 1. The number of nitrogens with one attached hydrogen (secondary N) is 1. The minimum absolute atomic E-state index is 0.601. The van der Waals surface area contributed by atoms with Crippen molar-refractivity contribution in [2.75, 3.05) is 0 Å². The number of hydrogen-bond acceptors (Lipinski definition) is 4. The summed E-state index contributed by atoms with van der Waals surface area (Å²) in [5, 5.41) is 17.4. The average molecular weight is 220 g/mol. The number of nitriles is 1. The second-order valence-electron chi connectivity index (χ2n) is 2.37. The number of aromatic amines is 1. The van der Waals surface area contributed by atoms with E-state index in [1.54, 1.807) is 0 Å². The van der Waals surface area contributed by atoms with E-state index in [0.717, 1.165) is 0 Å². The molecule has 0 unspecified atom stereocenters. The fourth-order valence-corrected chi connectivity index (χ4v) is 0.823. The van der Waals surface area contributed by atoms with Crippen molar-refractivity contribution < 1.29 is 23.0 Å². The van der Waals surface area contributed by atoms with Crippen LogP contribution in [0.15, 0.2) is 11.0 Å². The molecule has 0 bridgehead atoms. The van der Waals surface area contributed by atoms with Crippen molar-refractivity contribution in [3.05, 3.63) is 22.1 Å².